The molecule has 3 saturated carbocycles. The van der Waals surface area contributed by atoms with Gasteiger partial charge in [0.2, 0.25) is 5.82 Å². The van der Waals surface area contributed by atoms with E-state index in [1.165, 1.54) is 24.5 Å². The number of carbonyl (C=O) groups is 2. The van der Waals surface area contributed by atoms with Crippen molar-refractivity contribution in [3.63, 3.8) is 0 Å². The summed E-state index contributed by atoms with van der Waals surface area (Å²) in [6.45, 7) is -0.111. The van der Waals surface area contributed by atoms with Gasteiger partial charge in [-0.25, -0.2) is 14.4 Å². The molecule has 1 heterocycles. The summed E-state index contributed by atoms with van der Waals surface area (Å²) in [5.41, 5.74) is -0.298. The van der Waals surface area contributed by atoms with Gasteiger partial charge in [-0.3, -0.25) is 9.59 Å². The molecule has 2 bridgehead atoms. The Balaban J connectivity index is 1.24. The molecule has 1 N–H and O–H groups in total. The van der Waals surface area contributed by atoms with Crippen molar-refractivity contribution >= 4 is 23.3 Å². The molecule has 1 aromatic heterocycles. The summed E-state index contributed by atoms with van der Waals surface area (Å²) in [5, 5.41) is 2.99. The number of halogens is 2. The Labute approximate surface area is 160 Å². The monoisotopic (exact) mass is 389 g/mol. The van der Waals surface area contributed by atoms with Crippen LogP contribution in [0.2, 0.25) is 5.02 Å². The van der Waals surface area contributed by atoms with Crippen LogP contribution in [0.15, 0.2) is 36.7 Å². The Hall–Kier alpha value is -2.54. The molecule has 3 aliphatic rings. The molecule has 3 fully saturated rings. The predicted octanol–water partition coefficient (Wildman–Crippen LogP) is 2.96. The number of ketones is 1. The van der Waals surface area contributed by atoms with Crippen LogP contribution in [-0.2, 0) is 4.79 Å². The fourth-order valence-corrected chi connectivity index (χ4v) is 4.35. The third-order valence-corrected chi connectivity index (χ3v) is 5.46. The van der Waals surface area contributed by atoms with Crippen LogP contribution in [0.5, 0.6) is 5.75 Å². The van der Waals surface area contributed by atoms with E-state index < -0.39 is 5.82 Å². The van der Waals surface area contributed by atoms with Gasteiger partial charge >= 0.3 is 0 Å². The second-order valence-electron chi connectivity index (χ2n) is 7.42. The van der Waals surface area contributed by atoms with Gasteiger partial charge in [-0.1, -0.05) is 11.6 Å². The Kier molecular flexibility index (Phi) is 4.34. The van der Waals surface area contributed by atoms with Crippen LogP contribution in [0.4, 0.5) is 4.39 Å². The van der Waals surface area contributed by atoms with Gasteiger partial charge in [0.15, 0.2) is 5.78 Å². The second kappa shape index (κ2) is 6.56. The van der Waals surface area contributed by atoms with Gasteiger partial charge in [0.05, 0.1) is 5.02 Å². The summed E-state index contributed by atoms with van der Waals surface area (Å²) in [6.07, 6.45) is 5.73. The molecule has 0 spiro atoms. The molecule has 6 nitrogen and oxygen atoms in total. The molecule has 0 radical (unpaired) electrons. The maximum absolute atomic E-state index is 13.4. The van der Waals surface area contributed by atoms with Crippen molar-refractivity contribution in [2.75, 3.05) is 6.61 Å². The van der Waals surface area contributed by atoms with Crippen LogP contribution in [0.3, 0.4) is 0 Å². The van der Waals surface area contributed by atoms with Gasteiger partial charge in [-0.2, -0.15) is 0 Å². The van der Waals surface area contributed by atoms with Gasteiger partial charge in [0.1, 0.15) is 18.2 Å². The number of Topliss-reactive ketones (excluding diaryl/α,β-unsaturated/α-hetero) is 1. The van der Waals surface area contributed by atoms with Crippen LogP contribution >= 0.6 is 11.6 Å². The Morgan fingerprint density at radius 3 is 2.59 bits per heavy atom. The highest BCUT2D eigenvalue weighted by molar-refractivity contribution is 6.30. The van der Waals surface area contributed by atoms with Crippen molar-refractivity contribution in [2.24, 2.45) is 5.41 Å². The maximum Gasteiger partial charge on any atom is 0.289 e. The van der Waals surface area contributed by atoms with E-state index in [2.05, 4.69) is 15.3 Å². The van der Waals surface area contributed by atoms with E-state index in [0.29, 0.717) is 6.42 Å². The average molecular weight is 390 g/mol. The number of hydrogen-bond donors (Lipinski definition) is 1. The number of carbonyl (C=O) groups excluding carboxylic acids is 2. The zero-order valence-corrected chi connectivity index (χ0v) is 15.1. The Morgan fingerprint density at radius 2 is 1.93 bits per heavy atom. The lowest BCUT2D eigenvalue weighted by Gasteiger charge is -2.70. The minimum absolute atomic E-state index is 0.00999. The van der Waals surface area contributed by atoms with Crippen LogP contribution in [0, 0.1) is 11.2 Å². The van der Waals surface area contributed by atoms with Crippen molar-refractivity contribution in [2.45, 2.75) is 31.2 Å². The van der Waals surface area contributed by atoms with Gasteiger partial charge < -0.3 is 10.1 Å². The first kappa shape index (κ1) is 17.9. The van der Waals surface area contributed by atoms with E-state index in [1.807, 2.05) is 0 Å². The van der Waals surface area contributed by atoms with E-state index in [-0.39, 0.29) is 45.8 Å². The molecule has 5 rings (SSSR count). The third-order valence-electron chi connectivity index (χ3n) is 5.15. The highest BCUT2D eigenvalue weighted by atomic mass is 35.5. The number of rotatable bonds is 7. The van der Waals surface area contributed by atoms with E-state index in [1.54, 1.807) is 6.07 Å². The average Bonchev–Trinajstić information content (AvgIpc) is 2.60. The molecule has 3 aliphatic carbocycles. The van der Waals surface area contributed by atoms with Gasteiger partial charge in [-0.15, -0.1) is 0 Å². The lowest BCUT2D eigenvalue weighted by molar-refractivity contribution is -0.162. The zero-order chi connectivity index (χ0) is 19.1. The van der Waals surface area contributed by atoms with Gasteiger partial charge in [0.25, 0.3) is 5.91 Å². The number of ether oxygens (including phenoxy) is 1. The first-order chi connectivity index (χ1) is 12.9. The lowest BCUT2D eigenvalue weighted by Crippen LogP contribution is -2.75. The molecule has 27 heavy (non-hydrogen) atoms. The first-order valence-electron chi connectivity index (χ1n) is 8.58. The molecule has 0 saturated heterocycles. The fraction of sp³-hybridized carbons (Fsp3) is 0.368. The standard InChI is InChI=1S/C19H17ClFN3O3/c20-14-3-2-13(6-15(14)21)27-8-12(25)7-18-9-19(10-18,11-18)24-17(26)16-22-4-1-5-23-16/h1-6H,7-11H2,(H,24,26). The van der Waals surface area contributed by atoms with Crippen molar-refractivity contribution in [1.82, 2.24) is 15.3 Å². The smallest absolute Gasteiger partial charge is 0.289 e. The number of aromatic nitrogens is 2. The Bertz CT molecular complexity index is 887. The molecule has 140 valence electrons. The highest BCUT2D eigenvalue weighted by Crippen LogP contribution is 2.69. The van der Waals surface area contributed by atoms with Crippen molar-refractivity contribution < 1.29 is 18.7 Å². The Morgan fingerprint density at radius 1 is 1.22 bits per heavy atom. The highest BCUT2D eigenvalue weighted by Gasteiger charge is 2.68. The lowest BCUT2D eigenvalue weighted by atomic mass is 9.38. The van der Waals surface area contributed by atoms with Gasteiger partial charge in [-0.05, 0) is 42.9 Å². The van der Waals surface area contributed by atoms with Crippen LogP contribution < -0.4 is 10.1 Å². The van der Waals surface area contributed by atoms with Gasteiger partial charge in [0, 0.05) is 30.4 Å². The summed E-state index contributed by atoms with van der Waals surface area (Å²) in [7, 11) is 0. The van der Waals surface area contributed by atoms with E-state index >= 15 is 0 Å². The van der Waals surface area contributed by atoms with Crippen LogP contribution in [0.25, 0.3) is 0 Å². The van der Waals surface area contributed by atoms with Crippen LogP contribution in [-0.4, -0.2) is 33.8 Å². The van der Waals surface area contributed by atoms with E-state index in [9.17, 15) is 14.0 Å². The number of nitrogens with zero attached hydrogens (tertiary/aromatic N) is 2. The summed E-state index contributed by atoms with van der Waals surface area (Å²) in [6, 6.07) is 5.72. The largest absolute Gasteiger partial charge is 0.486 e. The summed E-state index contributed by atoms with van der Waals surface area (Å²) >= 11 is 5.62. The molecule has 0 unspecified atom stereocenters. The maximum atomic E-state index is 13.4. The summed E-state index contributed by atoms with van der Waals surface area (Å²) in [5.74, 6) is -0.494. The summed E-state index contributed by atoms with van der Waals surface area (Å²) in [4.78, 5) is 32.2. The molecule has 1 amide bonds. The molecular formula is C19H17ClFN3O3. The second-order valence-corrected chi connectivity index (χ2v) is 7.82. The summed E-state index contributed by atoms with van der Waals surface area (Å²) < 4.78 is 18.7. The molecule has 0 atom stereocenters. The topological polar surface area (TPSA) is 81.2 Å². The zero-order valence-electron chi connectivity index (χ0n) is 14.4. The number of nitrogens with one attached hydrogen (secondary N) is 1. The minimum Gasteiger partial charge on any atom is -0.486 e. The van der Waals surface area contributed by atoms with Crippen molar-refractivity contribution in [3.8, 4) is 5.75 Å². The number of benzene rings is 1. The SMILES string of the molecule is O=C(COc1ccc(Cl)c(F)c1)CC12CC(NC(=O)c3ncccn3)(C1)C2. The van der Waals surface area contributed by atoms with E-state index in [0.717, 1.165) is 25.3 Å². The number of amides is 1. The van der Waals surface area contributed by atoms with Crippen molar-refractivity contribution in [3.05, 3.63) is 53.3 Å². The molecule has 8 heteroatoms. The molecule has 1 aromatic carbocycles. The first-order valence-corrected chi connectivity index (χ1v) is 8.96. The third kappa shape index (κ3) is 3.51. The molecular weight excluding hydrogens is 373 g/mol. The number of hydrogen-bond acceptors (Lipinski definition) is 5. The quantitative estimate of drug-likeness (QED) is 0.787. The molecule has 0 aliphatic heterocycles. The molecule has 2 aromatic rings. The minimum atomic E-state index is -0.582. The normalized spacial score (nSPS) is 25.1. The van der Waals surface area contributed by atoms with Crippen LogP contribution in [0.1, 0.15) is 36.3 Å². The van der Waals surface area contributed by atoms with E-state index in [4.69, 9.17) is 16.3 Å². The fourth-order valence-electron chi connectivity index (χ4n) is 4.23. The predicted molar refractivity (Wildman–Crippen MR) is 95.0 cm³/mol. The van der Waals surface area contributed by atoms with Crippen molar-refractivity contribution in [1.29, 1.82) is 0 Å².